The van der Waals surface area contributed by atoms with Crippen LogP contribution in [-0.4, -0.2) is 31.1 Å². The molecule has 0 aliphatic carbocycles. The third-order valence-corrected chi connectivity index (χ3v) is 3.55. The van der Waals surface area contributed by atoms with Gasteiger partial charge in [0, 0.05) is 31.1 Å². The fraction of sp³-hybridized carbons (Fsp3) is 0.455. The smallest absolute Gasteiger partial charge is 0.0624 e. The lowest BCUT2D eigenvalue weighted by molar-refractivity contribution is 0.206. The van der Waals surface area contributed by atoms with Gasteiger partial charge in [0.05, 0.1) is 6.04 Å². The molecular weight excluding hydrogens is 263 g/mol. The van der Waals surface area contributed by atoms with E-state index in [4.69, 9.17) is 0 Å². The van der Waals surface area contributed by atoms with Crippen LogP contribution in [0.4, 0.5) is 0 Å². The Balaban J connectivity index is 0.00000112. The van der Waals surface area contributed by atoms with Gasteiger partial charge in [0.25, 0.3) is 0 Å². The molecule has 2 nitrogen and oxygen atoms in total. The molecule has 1 aromatic rings. The Morgan fingerprint density at radius 3 is 2.56 bits per heavy atom. The Bertz CT molecular complexity index is 284. The average molecular weight is 281 g/mol. The number of piperazine rings is 1. The van der Waals surface area contributed by atoms with Gasteiger partial charge in [-0.25, -0.2) is 0 Å². The lowest BCUT2D eigenvalue weighted by atomic mass is 10.2. The van der Waals surface area contributed by atoms with Crippen LogP contribution in [0.3, 0.4) is 0 Å². The van der Waals surface area contributed by atoms with E-state index in [0.717, 1.165) is 26.2 Å². The first kappa shape index (κ1) is 15.9. The van der Waals surface area contributed by atoms with Crippen LogP contribution in [0.1, 0.15) is 10.9 Å². The number of halogens is 2. The molecule has 0 aromatic carbocycles. The molecule has 92 valence electrons. The zero-order valence-electron chi connectivity index (χ0n) is 9.09. The Morgan fingerprint density at radius 2 is 2.06 bits per heavy atom. The maximum Gasteiger partial charge on any atom is 0.0624 e. The molecule has 1 atom stereocenters. The summed E-state index contributed by atoms with van der Waals surface area (Å²) in [5, 5.41) is 5.50. The Labute approximate surface area is 114 Å². The molecule has 2 rings (SSSR count). The summed E-state index contributed by atoms with van der Waals surface area (Å²) < 4.78 is 0. The lowest BCUT2D eigenvalue weighted by Gasteiger charge is -2.32. The van der Waals surface area contributed by atoms with Gasteiger partial charge in [-0.05, 0) is 11.4 Å². The van der Waals surface area contributed by atoms with Crippen LogP contribution in [0.2, 0.25) is 0 Å². The number of thiophene rings is 1. The van der Waals surface area contributed by atoms with Crippen molar-refractivity contribution < 1.29 is 0 Å². The highest BCUT2D eigenvalue weighted by atomic mass is 35.5. The van der Waals surface area contributed by atoms with Crippen molar-refractivity contribution >= 4 is 36.2 Å². The topological polar surface area (TPSA) is 15.3 Å². The second-order valence-corrected chi connectivity index (χ2v) is 4.46. The SMILES string of the molecule is C=C[C@H](c1cccs1)N1CCNCC1.Cl.Cl. The minimum absolute atomic E-state index is 0. The predicted molar refractivity (Wildman–Crippen MR) is 76.2 cm³/mol. The van der Waals surface area contributed by atoms with Crippen molar-refractivity contribution in [2.24, 2.45) is 0 Å². The van der Waals surface area contributed by atoms with E-state index < -0.39 is 0 Å². The van der Waals surface area contributed by atoms with Gasteiger partial charge in [-0.3, -0.25) is 4.90 Å². The zero-order valence-corrected chi connectivity index (χ0v) is 11.5. The van der Waals surface area contributed by atoms with Crippen LogP contribution in [0.15, 0.2) is 30.2 Å². The van der Waals surface area contributed by atoms with E-state index in [1.807, 2.05) is 11.3 Å². The minimum Gasteiger partial charge on any atom is -0.314 e. The van der Waals surface area contributed by atoms with E-state index in [1.54, 1.807) is 0 Å². The summed E-state index contributed by atoms with van der Waals surface area (Å²) in [5.74, 6) is 0. The summed E-state index contributed by atoms with van der Waals surface area (Å²) in [5.41, 5.74) is 0. The largest absolute Gasteiger partial charge is 0.314 e. The van der Waals surface area contributed by atoms with Crippen LogP contribution >= 0.6 is 36.2 Å². The summed E-state index contributed by atoms with van der Waals surface area (Å²) in [7, 11) is 0. The number of nitrogens with zero attached hydrogens (tertiary/aromatic N) is 1. The number of rotatable bonds is 3. The van der Waals surface area contributed by atoms with Gasteiger partial charge >= 0.3 is 0 Å². The van der Waals surface area contributed by atoms with Crippen LogP contribution < -0.4 is 5.32 Å². The molecule has 0 spiro atoms. The molecule has 0 bridgehead atoms. The fourth-order valence-corrected chi connectivity index (χ4v) is 2.72. The van der Waals surface area contributed by atoms with Gasteiger partial charge in [0.2, 0.25) is 0 Å². The van der Waals surface area contributed by atoms with Crippen molar-refractivity contribution in [1.82, 2.24) is 10.2 Å². The van der Waals surface area contributed by atoms with E-state index in [-0.39, 0.29) is 24.8 Å². The quantitative estimate of drug-likeness (QED) is 0.857. The summed E-state index contributed by atoms with van der Waals surface area (Å²) in [6.45, 7) is 8.36. The van der Waals surface area contributed by atoms with Crippen molar-refractivity contribution in [1.29, 1.82) is 0 Å². The first-order chi connectivity index (χ1) is 6.92. The first-order valence-electron chi connectivity index (χ1n) is 5.02. The lowest BCUT2D eigenvalue weighted by Crippen LogP contribution is -2.44. The normalized spacial score (nSPS) is 18.0. The van der Waals surface area contributed by atoms with Crippen LogP contribution in [0.5, 0.6) is 0 Å². The molecule has 5 heteroatoms. The van der Waals surface area contributed by atoms with E-state index >= 15 is 0 Å². The number of hydrogen-bond donors (Lipinski definition) is 1. The van der Waals surface area contributed by atoms with Gasteiger partial charge < -0.3 is 5.32 Å². The minimum atomic E-state index is 0. The van der Waals surface area contributed by atoms with Crippen molar-refractivity contribution in [2.45, 2.75) is 6.04 Å². The molecule has 0 unspecified atom stereocenters. The highest BCUT2D eigenvalue weighted by Crippen LogP contribution is 2.25. The van der Waals surface area contributed by atoms with Crippen molar-refractivity contribution in [3.63, 3.8) is 0 Å². The van der Waals surface area contributed by atoms with E-state index in [1.165, 1.54) is 4.88 Å². The molecule has 2 heterocycles. The van der Waals surface area contributed by atoms with Gasteiger partial charge in [-0.1, -0.05) is 12.1 Å². The van der Waals surface area contributed by atoms with Crippen LogP contribution in [0, 0.1) is 0 Å². The Morgan fingerprint density at radius 1 is 1.38 bits per heavy atom. The van der Waals surface area contributed by atoms with E-state index in [9.17, 15) is 0 Å². The van der Waals surface area contributed by atoms with E-state index in [2.05, 4.69) is 40.4 Å². The Kier molecular flexibility index (Phi) is 8.06. The monoisotopic (exact) mass is 280 g/mol. The number of nitrogens with one attached hydrogen (secondary N) is 1. The predicted octanol–water partition coefficient (Wildman–Crippen LogP) is 2.72. The molecule has 0 amide bonds. The molecule has 1 aromatic heterocycles. The molecular formula is C11H18Cl2N2S. The molecule has 1 N–H and O–H groups in total. The molecule has 1 aliphatic rings. The van der Waals surface area contributed by atoms with Gasteiger partial charge in [0.15, 0.2) is 0 Å². The molecule has 0 saturated carbocycles. The average Bonchev–Trinajstić information content (AvgIpc) is 2.74. The summed E-state index contributed by atoms with van der Waals surface area (Å²) >= 11 is 1.82. The second kappa shape index (κ2) is 8.09. The first-order valence-corrected chi connectivity index (χ1v) is 5.90. The molecule has 1 fully saturated rings. The third kappa shape index (κ3) is 3.75. The van der Waals surface area contributed by atoms with Crippen molar-refractivity contribution in [2.75, 3.05) is 26.2 Å². The Hall–Kier alpha value is -0.0600. The van der Waals surface area contributed by atoms with Gasteiger partial charge in [0.1, 0.15) is 0 Å². The van der Waals surface area contributed by atoms with E-state index in [0.29, 0.717) is 6.04 Å². The van der Waals surface area contributed by atoms with Gasteiger partial charge in [-0.15, -0.1) is 42.7 Å². The van der Waals surface area contributed by atoms with Gasteiger partial charge in [-0.2, -0.15) is 0 Å². The zero-order chi connectivity index (χ0) is 9.80. The standard InChI is InChI=1S/C11H16N2S.2ClH/c1-2-10(11-4-3-9-14-11)13-7-5-12-6-8-13;;/h2-4,9-10,12H,1,5-8H2;2*1H/t10-;;/m1../s1. The van der Waals surface area contributed by atoms with Crippen LogP contribution in [-0.2, 0) is 0 Å². The molecule has 0 radical (unpaired) electrons. The number of hydrogen-bond acceptors (Lipinski definition) is 3. The summed E-state index contributed by atoms with van der Waals surface area (Å²) in [6, 6.07) is 4.72. The van der Waals surface area contributed by atoms with Crippen molar-refractivity contribution in [3.8, 4) is 0 Å². The fourth-order valence-electron chi connectivity index (χ4n) is 1.87. The molecule has 16 heavy (non-hydrogen) atoms. The van der Waals surface area contributed by atoms with Crippen LogP contribution in [0.25, 0.3) is 0 Å². The highest BCUT2D eigenvalue weighted by Gasteiger charge is 2.19. The van der Waals surface area contributed by atoms with Crippen molar-refractivity contribution in [3.05, 3.63) is 35.0 Å². The molecule has 1 aliphatic heterocycles. The summed E-state index contributed by atoms with van der Waals surface area (Å²) in [6.07, 6.45) is 2.05. The molecule has 1 saturated heterocycles. The maximum absolute atomic E-state index is 3.94. The maximum atomic E-state index is 3.94. The third-order valence-electron chi connectivity index (χ3n) is 2.60. The second-order valence-electron chi connectivity index (χ2n) is 3.48. The summed E-state index contributed by atoms with van der Waals surface area (Å²) in [4.78, 5) is 3.89. The highest BCUT2D eigenvalue weighted by molar-refractivity contribution is 7.10.